The standard InChI is InChI=1S/C15H14BrNO/c16-13-6-3-4-11(10-13)8-9-12-5-1-2-7-14(12)15(17)18/h1-7,10H,8-9H2,(H2,17,18). The zero-order chi connectivity index (χ0) is 13.0. The van der Waals surface area contributed by atoms with Crippen molar-refractivity contribution in [1.82, 2.24) is 0 Å². The van der Waals surface area contributed by atoms with Crippen molar-refractivity contribution >= 4 is 21.8 Å². The first kappa shape index (κ1) is 12.8. The second-order valence-corrected chi connectivity index (χ2v) is 5.07. The van der Waals surface area contributed by atoms with Crippen molar-refractivity contribution in [3.8, 4) is 0 Å². The van der Waals surface area contributed by atoms with E-state index in [0.29, 0.717) is 5.56 Å². The quantitative estimate of drug-likeness (QED) is 0.925. The van der Waals surface area contributed by atoms with Crippen molar-refractivity contribution < 1.29 is 4.79 Å². The number of halogens is 1. The fourth-order valence-electron chi connectivity index (χ4n) is 1.95. The van der Waals surface area contributed by atoms with E-state index in [9.17, 15) is 4.79 Å². The average molecular weight is 304 g/mol. The third-order valence-electron chi connectivity index (χ3n) is 2.85. The van der Waals surface area contributed by atoms with Crippen LogP contribution in [0.1, 0.15) is 21.5 Å². The Morgan fingerprint density at radius 2 is 1.83 bits per heavy atom. The fraction of sp³-hybridized carbons (Fsp3) is 0.133. The summed E-state index contributed by atoms with van der Waals surface area (Å²) in [5.41, 5.74) is 8.22. The minimum atomic E-state index is -0.361. The highest BCUT2D eigenvalue weighted by molar-refractivity contribution is 9.10. The molecule has 0 aliphatic rings. The number of amides is 1. The molecule has 0 aromatic heterocycles. The summed E-state index contributed by atoms with van der Waals surface area (Å²) >= 11 is 3.45. The Labute approximate surface area is 115 Å². The first-order chi connectivity index (χ1) is 8.66. The topological polar surface area (TPSA) is 43.1 Å². The van der Waals surface area contributed by atoms with Crippen LogP contribution < -0.4 is 5.73 Å². The normalized spacial score (nSPS) is 10.3. The molecule has 18 heavy (non-hydrogen) atoms. The molecule has 92 valence electrons. The first-order valence-corrected chi connectivity index (χ1v) is 6.58. The molecule has 2 aromatic carbocycles. The maximum Gasteiger partial charge on any atom is 0.248 e. The molecule has 2 rings (SSSR count). The molecule has 0 unspecified atom stereocenters. The molecule has 2 nitrogen and oxygen atoms in total. The zero-order valence-electron chi connectivity index (χ0n) is 9.90. The molecular weight excluding hydrogens is 290 g/mol. The molecule has 2 aromatic rings. The van der Waals surface area contributed by atoms with Crippen LogP contribution in [0, 0.1) is 0 Å². The van der Waals surface area contributed by atoms with Gasteiger partial charge in [0.2, 0.25) is 5.91 Å². The Kier molecular flexibility index (Phi) is 4.15. The van der Waals surface area contributed by atoms with Crippen LogP contribution >= 0.6 is 15.9 Å². The summed E-state index contributed by atoms with van der Waals surface area (Å²) in [6, 6.07) is 15.7. The third-order valence-corrected chi connectivity index (χ3v) is 3.35. The predicted molar refractivity (Wildman–Crippen MR) is 76.5 cm³/mol. The van der Waals surface area contributed by atoms with Crippen LogP contribution in [0.5, 0.6) is 0 Å². The van der Waals surface area contributed by atoms with Gasteiger partial charge in [0.15, 0.2) is 0 Å². The van der Waals surface area contributed by atoms with Crippen LogP contribution in [0.3, 0.4) is 0 Å². The van der Waals surface area contributed by atoms with Gasteiger partial charge in [-0.05, 0) is 42.2 Å². The highest BCUT2D eigenvalue weighted by Crippen LogP contribution is 2.15. The second kappa shape index (κ2) is 5.83. The molecule has 0 aliphatic heterocycles. The van der Waals surface area contributed by atoms with Crippen LogP contribution in [0.15, 0.2) is 53.0 Å². The summed E-state index contributed by atoms with van der Waals surface area (Å²) in [6.07, 6.45) is 1.71. The van der Waals surface area contributed by atoms with Crippen molar-refractivity contribution in [2.45, 2.75) is 12.8 Å². The highest BCUT2D eigenvalue weighted by Gasteiger charge is 2.06. The molecule has 0 fully saturated rings. The van der Waals surface area contributed by atoms with E-state index >= 15 is 0 Å². The number of rotatable bonds is 4. The van der Waals surface area contributed by atoms with Crippen molar-refractivity contribution in [1.29, 1.82) is 0 Å². The minimum absolute atomic E-state index is 0.361. The number of carbonyl (C=O) groups excluding carboxylic acids is 1. The molecule has 0 atom stereocenters. The Hall–Kier alpha value is -1.61. The molecule has 0 aliphatic carbocycles. The van der Waals surface area contributed by atoms with E-state index in [1.165, 1.54) is 5.56 Å². The van der Waals surface area contributed by atoms with Gasteiger partial charge in [-0.25, -0.2) is 0 Å². The lowest BCUT2D eigenvalue weighted by Gasteiger charge is -2.06. The van der Waals surface area contributed by atoms with Gasteiger partial charge in [0, 0.05) is 10.0 Å². The number of carbonyl (C=O) groups is 1. The molecule has 0 heterocycles. The van der Waals surface area contributed by atoms with Gasteiger partial charge in [0.05, 0.1) is 0 Å². The van der Waals surface area contributed by atoms with Crippen molar-refractivity contribution in [3.05, 3.63) is 69.7 Å². The van der Waals surface area contributed by atoms with Gasteiger partial charge in [-0.1, -0.05) is 46.3 Å². The number of aryl methyl sites for hydroxylation is 2. The molecule has 0 radical (unpaired) electrons. The minimum Gasteiger partial charge on any atom is -0.366 e. The molecule has 3 heteroatoms. The van der Waals surface area contributed by atoms with E-state index in [2.05, 4.69) is 28.1 Å². The van der Waals surface area contributed by atoms with Gasteiger partial charge in [0.25, 0.3) is 0 Å². The van der Waals surface area contributed by atoms with Crippen LogP contribution in [-0.4, -0.2) is 5.91 Å². The number of benzene rings is 2. The maximum atomic E-state index is 11.3. The van der Waals surface area contributed by atoms with Crippen LogP contribution in [0.2, 0.25) is 0 Å². The van der Waals surface area contributed by atoms with Gasteiger partial charge in [0.1, 0.15) is 0 Å². The van der Waals surface area contributed by atoms with Crippen molar-refractivity contribution in [2.75, 3.05) is 0 Å². The van der Waals surface area contributed by atoms with Gasteiger partial charge in [-0.15, -0.1) is 0 Å². The number of primary amides is 1. The lowest BCUT2D eigenvalue weighted by molar-refractivity contribution is 0.0999. The summed E-state index contributed by atoms with van der Waals surface area (Å²) in [7, 11) is 0. The number of hydrogen-bond donors (Lipinski definition) is 1. The summed E-state index contributed by atoms with van der Waals surface area (Å²) < 4.78 is 1.07. The maximum absolute atomic E-state index is 11.3. The van der Waals surface area contributed by atoms with E-state index in [4.69, 9.17) is 5.73 Å². The smallest absolute Gasteiger partial charge is 0.248 e. The monoisotopic (exact) mass is 303 g/mol. The lowest BCUT2D eigenvalue weighted by atomic mass is 9.99. The highest BCUT2D eigenvalue weighted by atomic mass is 79.9. The second-order valence-electron chi connectivity index (χ2n) is 4.15. The first-order valence-electron chi connectivity index (χ1n) is 5.79. The lowest BCUT2D eigenvalue weighted by Crippen LogP contribution is -2.13. The van der Waals surface area contributed by atoms with Crippen molar-refractivity contribution in [2.24, 2.45) is 5.73 Å². The van der Waals surface area contributed by atoms with Crippen LogP contribution in [0.4, 0.5) is 0 Å². The zero-order valence-corrected chi connectivity index (χ0v) is 11.5. The summed E-state index contributed by atoms with van der Waals surface area (Å²) in [5.74, 6) is -0.361. The summed E-state index contributed by atoms with van der Waals surface area (Å²) in [5, 5.41) is 0. The van der Waals surface area contributed by atoms with Gasteiger partial charge in [-0.3, -0.25) is 4.79 Å². The Bertz CT molecular complexity index is 566. The van der Waals surface area contributed by atoms with E-state index in [0.717, 1.165) is 22.9 Å². The predicted octanol–water partition coefficient (Wildman–Crippen LogP) is 3.33. The summed E-state index contributed by atoms with van der Waals surface area (Å²) in [6.45, 7) is 0. The Morgan fingerprint density at radius 1 is 1.06 bits per heavy atom. The van der Waals surface area contributed by atoms with Gasteiger partial charge in [-0.2, -0.15) is 0 Å². The molecule has 0 bridgehead atoms. The molecular formula is C15H14BrNO. The fourth-order valence-corrected chi connectivity index (χ4v) is 2.40. The molecule has 0 spiro atoms. The largest absolute Gasteiger partial charge is 0.366 e. The van der Waals surface area contributed by atoms with E-state index in [1.54, 1.807) is 6.07 Å². The Balaban J connectivity index is 2.13. The molecule has 2 N–H and O–H groups in total. The number of hydrogen-bond acceptors (Lipinski definition) is 1. The number of nitrogens with two attached hydrogens (primary N) is 1. The molecule has 0 saturated heterocycles. The van der Waals surface area contributed by atoms with E-state index < -0.39 is 0 Å². The average Bonchev–Trinajstić information content (AvgIpc) is 2.37. The molecule has 0 saturated carbocycles. The van der Waals surface area contributed by atoms with Crippen molar-refractivity contribution in [3.63, 3.8) is 0 Å². The Morgan fingerprint density at radius 3 is 2.56 bits per heavy atom. The third kappa shape index (κ3) is 3.20. The van der Waals surface area contributed by atoms with Gasteiger partial charge >= 0.3 is 0 Å². The van der Waals surface area contributed by atoms with Gasteiger partial charge < -0.3 is 5.73 Å². The summed E-state index contributed by atoms with van der Waals surface area (Å²) in [4.78, 5) is 11.3. The van der Waals surface area contributed by atoms with Crippen LogP contribution in [0.25, 0.3) is 0 Å². The van der Waals surface area contributed by atoms with E-state index in [-0.39, 0.29) is 5.91 Å². The van der Waals surface area contributed by atoms with E-state index in [1.807, 2.05) is 30.3 Å². The SMILES string of the molecule is NC(=O)c1ccccc1CCc1cccc(Br)c1. The molecule has 1 amide bonds. The van der Waals surface area contributed by atoms with Crippen LogP contribution in [-0.2, 0) is 12.8 Å².